The highest BCUT2D eigenvalue weighted by Gasteiger charge is 2.04. The molecule has 0 radical (unpaired) electrons. The van der Waals surface area contributed by atoms with Crippen LogP contribution in [0.1, 0.15) is 11.1 Å². The van der Waals surface area contributed by atoms with E-state index in [9.17, 15) is 8.42 Å². The summed E-state index contributed by atoms with van der Waals surface area (Å²) >= 11 is 0. The number of rotatable bonds is 6. The van der Waals surface area contributed by atoms with Gasteiger partial charge in [-0.3, -0.25) is 0 Å². The Hall–Kier alpha value is -2.01. The van der Waals surface area contributed by atoms with Gasteiger partial charge in [0.25, 0.3) is 0 Å². The molecular formula is C16H18O4S. The van der Waals surface area contributed by atoms with Crippen molar-refractivity contribution < 1.29 is 17.3 Å². The minimum atomic E-state index is -3.47. The molecule has 112 valence electrons. The molecule has 0 amide bonds. The monoisotopic (exact) mass is 306 g/mol. The molecule has 0 aliphatic rings. The van der Waals surface area contributed by atoms with Gasteiger partial charge >= 0.3 is 10.1 Å². The molecule has 21 heavy (non-hydrogen) atoms. The Bertz CT molecular complexity index is 690. The fraction of sp³-hybridized carbons (Fsp3) is 0.250. The number of aryl methyl sites for hydroxylation is 1. The van der Waals surface area contributed by atoms with Gasteiger partial charge in [-0.2, -0.15) is 8.42 Å². The van der Waals surface area contributed by atoms with E-state index in [0.29, 0.717) is 12.4 Å². The second-order valence-electron chi connectivity index (χ2n) is 4.80. The highest BCUT2D eigenvalue weighted by Crippen LogP contribution is 2.17. The lowest BCUT2D eigenvalue weighted by Gasteiger charge is -2.09. The maximum atomic E-state index is 11.0. The Morgan fingerprint density at radius 1 is 1.00 bits per heavy atom. The largest absolute Gasteiger partial charge is 0.493 e. The van der Waals surface area contributed by atoms with Crippen LogP contribution < -0.4 is 8.92 Å². The summed E-state index contributed by atoms with van der Waals surface area (Å²) in [6, 6.07) is 14.8. The van der Waals surface area contributed by atoms with Gasteiger partial charge in [0.05, 0.1) is 12.9 Å². The molecule has 0 fully saturated rings. The Morgan fingerprint density at radius 2 is 1.67 bits per heavy atom. The zero-order valence-electron chi connectivity index (χ0n) is 12.1. The fourth-order valence-corrected chi connectivity index (χ4v) is 2.34. The first kappa shape index (κ1) is 15.4. The van der Waals surface area contributed by atoms with Crippen molar-refractivity contribution in [3.63, 3.8) is 0 Å². The molecule has 0 spiro atoms. The van der Waals surface area contributed by atoms with Gasteiger partial charge in [0, 0.05) is 6.42 Å². The summed E-state index contributed by atoms with van der Waals surface area (Å²) in [6.45, 7) is 2.57. The van der Waals surface area contributed by atoms with Crippen LogP contribution in [0.5, 0.6) is 11.5 Å². The third kappa shape index (κ3) is 5.11. The molecule has 0 aliphatic heterocycles. The van der Waals surface area contributed by atoms with Gasteiger partial charge in [0.1, 0.15) is 11.5 Å². The minimum Gasteiger partial charge on any atom is -0.493 e. The molecule has 4 nitrogen and oxygen atoms in total. The van der Waals surface area contributed by atoms with Crippen LogP contribution in [0.15, 0.2) is 48.5 Å². The third-order valence-electron chi connectivity index (χ3n) is 2.91. The van der Waals surface area contributed by atoms with Crippen LogP contribution in [0.4, 0.5) is 0 Å². The van der Waals surface area contributed by atoms with Crippen LogP contribution in [-0.2, 0) is 16.5 Å². The van der Waals surface area contributed by atoms with E-state index in [1.54, 1.807) is 12.1 Å². The number of benzene rings is 2. The van der Waals surface area contributed by atoms with Crippen LogP contribution in [-0.4, -0.2) is 21.3 Å². The van der Waals surface area contributed by atoms with Crippen LogP contribution in [0.25, 0.3) is 0 Å². The SMILES string of the molecule is Cc1ccccc1OCCc1ccc(OS(C)(=O)=O)cc1. The highest BCUT2D eigenvalue weighted by molar-refractivity contribution is 7.86. The van der Waals surface area contributed by atoms with E-state index in [-0.39, 0.29) is 0 Å². The highest BCUT2D eigenvalue weighted by atomic mass is 32.2. The summed E-state index contributed by atoms with van der Waals surface area (Å²) in [7, 11) is -3.47. The van der Waals surface area contributed by atoms with E-state index < -0.39 is 10.1 Å². The van der Waals surface area contributed by atoms with E-state index in [0.717, 1.165) is 29.6 Å². The van der Waals surface area contributed by atoms with Gasteiger partial charge in [-0.15, -0.1) is 0 Å². The molecule has 2 rings (SSSR count). The first-order valence-corrected chi connectivity index (χ1v) is 8.42. The standard InChI is InChI=1S/C16H18O4S/c1-13-5-3-4-6-16(13)19-12-11-14-7-9-15(10-8-14)20-21(2,17)18/h3-10H,11-12H2,1-2H3. The topological polar surface area (TPSA) is 52.6 Å². The second-order valence-corrected chi connectivity index (χ2v) is 6.37. The molecule has 0 saturated heterocycles. The molecular weight excluding hydrogens is 288 g/mol. The van der Waals surface area contributed by atoms with Gasteiger partial charge < -0.3 is 8.92 Å². The molecule has 2 aromatic rings. The van der Waals surface area contributed by atoms with E-state index >= 15 is 0 Å². The number of para-hydroxylation sites is 1. The van der Waals surface area contributed by atoms with Crippen molar-refractivity contribution in [2.24, 2.45) is 0 Å². The lowest BCUT2D eigenvalue weighted by Crippen LogP contribution is -2.06. The molecule has 0 saturated carbocycles. The van der Waals surface area contributed by atoms with Crippen LogP contribution in [0.2, 0.25) is 0 Å². The maximum absolute atomic E-state index is 11.0. The predicted molar refractivity (Wildman–Crippen MR) is 82.3 cm³/mol. The van der Waals surface area contributed by atoms with Crippen LogP contribution >= 0.6 is 0 Å². The van der Waals surface area contributed by atoms with Crippen molar-refractivity contribution in [1.82, 2.24) is 0 Å². The summed E-state index contributed by atoms with van der Waals surface area (Å²) in [5.74, 6) is 1.20. The molecule has 0 aliphatic carbocycles. The van der Waals surface area contributed by atoms with Crippen LogP contribution in [0.3, 0.4) is 0 Å². The van der Waals surface area contributed by atoms with Crippen LogP contribution in [0, 0.1) is 6.92 Å². The van der Waals surface area contributed by atoms with Crippen molar-refractivity contribution in [1.29, 1.82) is 0 Å². The van der Waals surface area contributed by atoms with Gasteiger partial charge in [0.2, 0.25) is 0 Å². The summed E-state index contributed by atoms with van der Waals surface area (Å²) in [6.07, 6.45) is 1.77. The Morgan fingerprint density at radius 3 is 2.29 bits per heavy atom. The predicted octanol–water partition coefficient (Wildman–Crippen LogP) is 2.95. The summed E-state index contributed by atoms with van der Waals surface area (Å²) < 4.78 is 32.5. The van der Waals surface area contributed by atoms with Crippen molar-refractivity contribution >= 4 is 10.1 Å². The van der Waals surface area contributed by atoms with Gasteiger partial charge in [-0.1, -0.05) is 30.3 Å². The molecule has 0 heterocycles. The zero-order valence-corrected chi connectivity index (χ0v) is 12.9. The van der Waals surface area contributed by atoms with E-state index in [1.807, 2.05) is 43.3 Å². The maximum Gasteiger partial charge on any atom is 0.306 e. The second kappa shape index (κ2) is 6.63. The van der Waals surface area contributed by atoms with Gasteiger partial charge in [0.15, 0.2) is 0 Å². The fourth-order valence-electron chi connectivity index (χ4n) is 1.88. The van der Waals surface area contributed by atoms with E-state index in [2.05, 4.69) is 0 Å². The van der Waals surface area contributed by atoms with Crippen molar-refractivity contribution in [2.75, 3.05) is 12.9 Å². The Balaban J connectivity index is 1.88. The number of hydrogen-bond donors (Lipinski definition) is 0. The summed E-state index contributed by atoms with van der Waals surface area (Å²) in [4.78, 5) is 0. The van der Waals surface area contributed by atoms with E-state index in [4.69, 9.17) is 8.92 Å². The summed E-state index contributed by atoms with van der Waals surface area (Å²) in [5, 5.41) is 0. The number of ether oxygens (including phenoxy) is 1. The Labute approximate surface area is 125 Å². The lowest BCUT2D eigenvalue weighted by molar-refractivity contribution is 0.320. The van der Waals surface area contributed by atoms with Gasteiger partial charge in [-0.25, -0.2) is 0 Å². The van der Waals surface area contributed by atoms with Crippen molar-refractivity contribution in [3.8, 4) is 11.5 Å². The average Bonchev–Trinajstić information content (AvgIpc) is 2.41. The minimum absolute atomic E-state index is 0.320. The molecule has 0 N–H and O–H groups in total. The molecule has 5 heteroatoms. The van der Waals surface area contributed by atoms with Crippen molar-refractivity contribution in [3.05, 3.63) is 59.7 Å². The van der Waals surface area contributed by atoms with E-state index in [1.165, 1.54) is 0 Å². The molecule has 0 bridgehead atoms. The third-order valence-corrected chi connectivity index (χ3v) is 3.41. The smallest absolute Gasteiger partial charge is 0.306 e. The molecule has 0 aromatic heterocycles. The molecule has 2 aromatic carbocycles. The average molecular weight is 306 g/mol. The molecule has 0 atom stereocenters. The first-order valence-electron chi connectivity index (χ1n) is 6.61. The molecule has 0 unspecified atom stereocenters. The van der Waals surface area contributed by atoms with Crippen molar-refractivity contribution in [2.45, 2.75) is 13.3 Å². The Kier molecular flexibility index (Phi) is 4.85. The summed E-state index contributed by atoms with van der Waals surface area (Å²) in [5.41, 5.74) is 2.17. The first-order chi connectivity index (χ1) is 9.94. The normalized spacial score (nSPS) is 11.1. The quantitative estimate of drug-likeness (QED) is 0.770. The zero-order chi connectivity index (χ0) is 15.3. The van der Waals surface area contributed by atoms with Gasteiger partial charge in [-0.05, 0) is 36.2 Å². The number of hydrogen-bond acceptors (Lipinski definition) is 4. The lowest BCUT2D eigenvalue weighted by atomic mass is 10.1.